The molecular weight excluding hydrogens is 539 g/mol. The highest BCUT2D eigenvalue weighted by molar-refractivity contribution is 6.30. The van der Waals surface area contributed by atoms with E-state index >= 15 is 0 Å². The molecule has 2 aliphatic carbocycles. The lowest BCUT2D eigenvalue weighted by atomic mass is 9.63. The van der Waals surface area contributed by atoms with Gasteiger partial charge in [-0.25, -0.2) is 4.98 Å². The van der Waals surface area contributed by atoms with Crippen LogP contribution < -0.4 is 5.32 Å². The van der Waals surface area contributed by atoms with E-state index in [1.165, 1.54) is 32.1 Å². The molecule has 40 heavy (non-hydrogen) atoms. The van der Waals surface area contributed by atoms with Crippen LogP contribution in [-0.4, -0.2) is 56.9 Å². The molecule has 1 atom stereocenters. The summed E-state index contributed by atoms with van der Waals surface area (Å²) in [7, 11) is 0. The topological polar surface area (TPSA) is 63.1 Å². The van der Waals surface area contributed by atoms with Crippen molar-refractivity contribution in [1.82, 2.24) is 25.0 Å². The van der Waals surface area contributed by atoms with Gasteiger partial charge in [-0.1, -0.05) is 43.0 Å². The molecule has 2 saturated carbocycles. The molecule has 0 radical (unpaired) electrons. The Morgan fingerprint density at radius 2 is 1.70 bits per heavy atom. The highest BCUT2D eigenvalue weighted by Gasteiger charge is 2.45. The van der Waals surface area contributed by atoms with Crippen LogP contribution in [0, 0.1) is 17.3 Å². The van der Waals surface area contributed by atoms with Crippen molar-refractivity contribution in [2.24, 2.45) is 17.3 Å². The molecular formula is C30H41ClF3N5O. The Bertz CT molecular complexity index is 1070. The van der Waals surface area contributed by atoms with Crippen molar-refractivity contribution in [1.29, 1.82) is 0 Å². The molecule has 2 aromatic rings. The number of rotatable bonds is 8. The molecule has 1 saturated heterocycles. The van der Waals surface area contributed by atoms with Crippen molar-refractivity contribution in [2.45, 2.75) is 102 Å². The maximum atomic E-state index is 14.0. The first kappa shape index (κ1) is 29.4. The summed E-state index contributed by atoms with van der Waals surface area (Å²) in [5.41, 5.74) is 1.08. The number of aromatic nitrogens is 3. The second kappa shape index (κ2) is 12.8. The van der Waals surface area contributed by atoms with Gasteiger partial charge < -0.3 is 10.2 Å². The molecule has 0 bridgehead atoms. The predicted octanol–water partition coefficient (Wildman–Crippen LogP) is 6.44. The van der Waals surface area contributed by atoms with Gasteiger partial charge in [-0.2, -0.15) is 18.3 Å². The maximum absolute atomic E-state index is 14.0. The van der Waals surface area contributed by atoms with Crippen LogP contribution in [0.15, 0.2) is 36.9 Å². The lowest BCUT2D eigenvalue weighted by molar-refractivity contribution is -0.183. The maximum Gasteiger partial charge on any atom is 0.391 e. The minimum Gasteiger partial charge on any atom is -0.341 e. The van der Waals surface area contributed by atoms with Crippen LogP contribution in [-0.2, 0) is 17.8 Å². The first-order valence-corrected chi connectivity index (χ1v) is 15.3. The van der Waals surface area contributed by atoms with E-state index in [2.05, 4.69) is 15.4 Å². The van der Waals surface area contributed by atoms with E-state index in [9.17, 15) is 18.0 Å². The molecule has 1 aromatic carbocycles. The monoisotopic (exact) mass is 579 g/mol. The lowest BCUT2D eigenvalue weighted by Crippen LogP contribution is -2.55. The molecule has 2 heterocycles. The van der Waals surface area contributed by atoms with Gasteiger partial charge in [-0.3, -0.25) is 9.48 Å². The van der Waals surface area contributed by atoms with Gasteiger partial charge >= 0.3 is 6.18 Å². The summed E-state index contributed by atoms with van der Waals surface area (Å²) in [6, 6.07) is 6.90. The third-order valence-electron chi connectivity index (χ3n) is 9.76. The van der Waals surface area contributed by atoms with Crippen LogP contribution in [0.3, 0.4) is 0 Å². The summed E-state index contributed by atoms with van der Waals surface area (Å²) >= 11 is 6.09. The van der Waals surface area contributed by atoms with E-state index in [-0.39, 0.29) is 30.2 Å². The summed E-state index contributed by atoms with van der Waals surface area (Å²) in [4.78, 5) is 20.1. The zero-order chi connectivity index (χ0) is 28.2. The lowest BCUT2D eigenvalue weighted by Gasteiger charge is -2.48. The molecule has 0 unspecified atom stereocenters. The number of carbonyl (C=O) groups excluding carboxylic acids is 1. The first-order chi connectivity index (χ1) is 19.2. The second-order valence-corrected chi connectivity index (χ2v) is 12.7. The molecule has 1 aromatic heterocycles. The highest BCUT2D eigenvalue weighted by atomic mass is 35.5. The van der Waals surface area contributed by atoms with Crippen molar-refractivity contribution in [3.05, 3.63) is 47.5 Å². The Balaban J connectivity index is 1.27. The van der Waals surface area contributed by atoms with E-state index in [4.69, 9.17) is 11.6 Å². The zero-order valence-corrected chi connectivity index (χ0v) is 23.8. The van der Waals surface area contributed by atoms with Crippen LogP contribution in [0.2, 0.25) is 5.02 Å². The quantitative estimate of drug-likeness (QED) is 0.391. The van der Waals surface area contributed by atoms with E-state index < -0.39 is 18.1 Å². The standard InChI is InChI=1S/C30H41ClF3N5O/c31-25-10-6-22(7-11-25)18-27(37-26-12-8-24(9-13-26)30(32,33)34)28(40)38-16-14-29(15-17-38,19-39-21-35-20-36-39)23-4-2-1-3-5-23/h6-7,10-11,20-21,23-24,26-27,37H,1-5,8-9,12-19H2/t24-,26+,27-/m1/s1. The highest BCUT2D eigenvalue weighted by Crippen LogP contribution is 2.47. The third kappa shape index (κ3) is 7.19. The van der Waals surface area contributed by atoms with Crippen molar-refractivity contribution < 1.29 is 18.0 Å². The number of nitrogens with one attached hydrogen (secondary N) is 1. The van der Waals surface area contributed by atoms with Crippen LogP contribution in [0.1, 0.15) is 76.2 Å². The Kier molecular flexibility index (Phi) is 9.40. The summed E-state index contributed by atoms with van der Waals surface area (Å²) in [5.74, 6) is -0.573. The van der Waals surface area contributed by atoms with E-state index in [0.717, 1.165) is 24.9 Å². The van der Waals surface area contributed by atoms with Crippen molar-refractivity contribution in [3.63, 3.8) is 0 Å². The number of piperidine rings is 1. The minimum atomic E-state index is -4.14. The van der Waals surface area contributed by atoms with Gasteiger partial charge in [-0.15, -0.1) is 0 Å². The van der Waals surface area contributed by atoms with Crippen LogP contribution >= 0.6 is 11.6 Å². The minimum absolute atomic E-state index is 0.0471. The number of carbonyl (C=O) groups is 1. The molecule has 1 aliphatic heterocycles. The average Bonchev–Trinajstić information content (AvgIpc) is 3.47. The Hall–Kier alpha value is -2.13. The fraction of sp³-hybridized carbons (Fsp3) is 0.700. The molecule has 3 aliphatic rings. The molecule has 1 N–H and O–H groups in total. The third-order valence-corrected chi connectivity index (χ3v) is 10.0. The number of nitrogens with zero attached hydrogens (tertiary/aromatic N) is 4. The van der Waals surface area contributed by atoms with Crippen LogP contribution in [0.4, 0.5) is 13.2 Å². The number of alkyl halides is 3. The summed E-state index contributed by atoms with van der Waals surface area (Å²) < 4.78 is 41.7. The van der Waals surface area contributed by atoms with Gasteiger partial charge in [0.25, 0.3) is 0 Å². The Morgan fingerprint density at radius 1 is 1.02 bits per heavy atom. The predicted molar refractivity (Wildman–Crippen MR) is 149 cm³/mol. The molecule has 3 fully saturated rings. The SMILES string of the molecule is O=C([C@@H](Cc1ccc(Cl)cc1)N[C@H]1CC[C@@H](C(F)(F)F)CC1)N1CCC(Cn2cncn2)(C2CCCCC2)CC1. The van der Waals surface area contributed by atoms with E-state index in [0.29, 0.717) is 43.3 Å². The number of halogens is 4. The van der Waals surface area contributed by atoms with Gasteiger partial charge in [-0.05, 0) is 86.8 Å². The van der Waals surface area contributed by atoms with Gasteiger partial charge in [0, 0.05) is 30.7 Å². The smallest absolute Gasteiger partial charge is 0.341 e. The Labute approximate surface area is 240 Å². The largest absolute Gasteiger partial charge is 0.391 e. The summed E-state index contributed by atoms with van der Waals surface area (Å²) in [6.45, 7) is 2.20. The van der Waals surface area contributed by atoms with Gasteiger partial charge in [0.1, 0.15) is 12.7 Å². The molecule has 6 nitrogen and oxygen atoms in total. The summed E-state index contributed by atoms with van der Waals surface area (Å²) in [5, 5.41) is 8.53. The number of likely N-dealkylation sites (tertiary alicyclic amines) is 1. The van der Waals surface area contributed by atoms with Crippen molar-refractivity contribution in [2.75, 3.05) is 13.1 Å². The summed E-state index contributed by atoms with van der Waals surface area (Å²) in [6.07, 6.45) is 8.91. The van der Waals surface area contributed by atoms with Crippen molar-refractivity contribution >= 4 is 17.5 Å². The number of benzene rings is 1. The zero-order valence-electron chi connectivity index (χ0n) is 23.1. The van der Waals surface area contributed by atoms with Crippen molar-refractivity contribution in [3.8, 4) is 0 Å². The second-order valence-electron chi connectivity index (χ2n) is 12.3. The van der Waals surface area contributed by atoms with Gasteiger partial charge in [0.05, 0.1) is 12.0 Å². The Morgan fingerprint density at radius 3 is 2.30 bits per heavy atom. The molecule has 5 rings (SSSR count). The first-order valence-electron chi connectivity index (χ1n) is 14.9. The normalized spacial score (nSPS) is 25.1. The van der Waals surface area contributed by atoms with E-state index in [1.54, 1.807) is 12.7 Å². The van der Waals surface area contributed by atoms with Crippen LogP contribution in [0.25, 0.3) is 0 Å². The number of amides is 1. The molecule has 220 valence electrons. The average molecular weight is 580 g/mol. The molecule has 0 spiro atoms. The fourth-order valence-electron chi connectivity index (χ4n) is 7.39. The van der Waals surface area contributed by atoms with Gasteiger partial charge in [0.2, 0.25) is 5.91 Å². The number of hydrogen-bond acceptors (Lipinski definition) is 4. The van der Waals surface area contributed by atoms with Gasteiger partial charge in [0.15, 0.2) is 0 Å². The van der Waals surface area contributed by atoms with Crippen LogP contribution in [0.5, 0.6) is 0 Å². The molecule has 1 amide bonds. The number of hydrogen-bond donors (Lipinski definition) is 1. The fourth-order valence-corrected chi connectivity index (χ4v) is 7.51. The molecule has 10 heteroatoms. The van der Waals surface area contributed by atoms with E-state index in [1.807, 2.05) is 33.8 Å².